The van der Waals surface area contributed by atoms with Crippen molar-refractivity contribution in [1.82, 2.24) is 14.6 Å². The van der Waals surface area contributed by atoms with Crippen molar-refractivity contribution in [1.29, 1.82) is 0 Å². The summed E-state index contributed by atoms with van der Waals surface area (Å²) in [6.45, 7) is 4.55. The molecule has 1 unspecified atom stereocenters. The number of sulfonamides is 1. The lowest BCUT2D eigenvalue weighted by Crippen LogP contribution is -2.40. The fourth-order valence-electron chi connectivity index (χ4n) is 2.41. The van der Waals surface area contributed by atoms with Crippen molar-refractivity contribution in [3.63, 3.8) is 0 Å². The van der Waals surface area contributed by atoms with Gasteiger partial charge in [0.05, 0.1) is 5.69 Å². The molecule has 0 spiro atoms. The van der Waals surface area contributed by atoms with Crippen LogP contribution in [0.3, 0.4) is 0 Å². The van der Waals surface area contributed by atoms with E-state index in [-0.39, 0.29) is 11.1 Å². The molecule has 1 aliphatic heterocycles. The number of nitrogens with one attached hydrogen (secondary N) is 2. The van der Waals surface area contributed by atoms with Crippen LogP contribution >= 0.6 is 0 Å². The molecule has 20 heavy (non-hydrogen) atoms. The molecule has 1 atom stereocenters. The Labute approximate surface area is 120 Å². The standard InChI is InChI=1S/C13H22N4O2S/c1-11(17-8-3-4-9-17)10-16-20(18,19)13-12(14-2)6-5-7-15-13/h5-7,11,14,16H,3-4,8-10H2,1-2H3. The van der Waals surface area contributed by atoms with Gasteiger partial charge in [-0.15, -0.1) is 0 Å². The minimum Gasteiger partial charge on any atom is -0.386 e. The fraction of sp³-hybridized carbons (Fsp3) is 0.615. The van der Waals surface area contributed by atoms with Gasteiger partial charge >= 0.3 is 0 Å². The van der Waals surface area contributed by atoms with Crippen LogP contribution in [0.15, 0.2) is 23.4 Å². The lowest BCUT2D eigenvalue weighted by molar-refractivity contribution is 0.260. The Hall–Kier alpha value is -1.18. The maximum absolute atomic E-state index is 12.3. The predicted molar refractivity (Wildman–Crippen MR) is 79.2 cm³/mol. The van der Waals surface area contributed by atoms with Gasteiger partial charge in [-0.05, 0) is 45.0 Å². The van der Waals surface area contributed by atoms with Crippen LogP contribution in [0, 0.1) is 0 Å². The van der Waals surface area contributed by atoms with Crippen molar-refractivity contribution < 1.29 is 8.42 Å². The largest absolute Gasteiger partial charge is 0.386 e. The third kappa shape index (κ3) is 3.47. The van der Waals surface area contributed by atoms with Gasteiger partial charge in [0, 0.05) is 25.8 Å². The smallest absolute Gasteiger partial charge is 0.260 e. The molecule has 2 heterocycles. The first kappa shape index (κ1) is 15.2. The number of hydrogen-bond donors (Lipinski definition) is 2. The highest BCUT2D eigenvalue weighted by atomic mass is 32.2. The molecule has 1 aliphatic rings. The summed E-state index contributed by atoms with van der Waals surface area (Å²) in [5, 5.41) is 2.90. The first-order chi connectivity index (χ1) is 9.54. The van der Waals surface area contributed by atoms with E-state index in [1.165, 1.54) is 19.0 Å². The number of rotatable bonds is 6. The molecule has 0 amide bonds. The number of likely N-dealkylation sites (tertiary alicyclic amines) is 1. The van der Waals surface area contributed by atoms with Crippen LogP contribution in [0.1, 0.15) is 19.8 Å². The van der Waals surface area contributed by atoms with Crippen LogP contribution in [-0.2, 0) is 10.0 Å². The van der Waals surface area contributed by atoms with Gasteiger partial charge in [0.25, 0.3) is 10.0 Å². The van der Waals surface area contributed by atoms with Crippen LogP contribution < -0.4 is 10.0 Å². The highest BCUT2D eigenvalue weighted by molar-refractivity contribution is 7.89. The molecule has 2 rings (SSSR count). The first-order valence-corrected chi connectivity index (χ1v) is 8.39. The van der Waals surface area contributed by atoms with Gasteiger partial charge in [0.2, 0.25) is 0 Å². The van der Waals surface area contributed by atoms with Gasteiger partial charge in [0.15, 0.2) is 5.03 Å². The molecule has 1 aromatic rings. The van der Waals surface area contributed by atoms with Gasteiger partial charge in [0.1, 0.15) is 0 Å². The van der Waals surface area contributed by atoms with Crippen molar-refractivity contribution in [3.8, 4) is 0 Å². The number of anilines is 1. The molecule has 0 aromatic carbocycles. The van der Waals surface area contributed by atoms with E-state index in [1.807, 2.05) is 6.92 Å². The number of pyridine rings is 1. The van der Waals surface area contributed by atoms with E-state index in [4.69, 9.17) is 0 Å². The third-order valence-corrected chi connectivity index (χ3v) is 5.01. The minimum atomic E-state index is -3.58. The molecular formula is C13H22N4O2S. The van der Waals surface area contributed by atoms with E-state index in [0.717, 1.165) is 13.1 Å². The highest BCUT2D eigenvalue weighted by Crippen LogP contribution is 2.17. The van der Waals surface area contributed by atoms with E-state index < -0.39 is 10.0 Å². The lowest BCUT2D eigenvalue weighted by Gasteiger charge is -2.23. The normalized spacial score (nSPS) is 18.1. The molecule has 0 saturated carbocycles. The Morgan fingerprint density at radius 3 is 2.75 bits per heavy atom. The predicted octanol–water partition coefficient (Wildman–Crippen LogP) is 0.886. The first-order valence-electron chi connectivity index (χ1n) is 6.91. The molecule has 0 radical (unpaired) electrons. The summed E-state index contributed by atoms with van der Waals surface area (Å²) in [6.07, 6.45) is 3.88. The second-order valence-corrected chi connectivity index (χ2v) is 6.73. The van der Waals surface area contributed by atoms with Crippen molar-refractivity contribution in [2.45, 2.75) is 30.8 Å². The molecule has 1 fully saturated rings. The summed E-state index contributed by atoms with van der Waals surface area (Å²) >= 11 is 0. The Kier molecular flexibility index (Phi) is 4.95. The van der Waals surface area contributed by atoms with Gasteiger partial charge in [-0.25, -0.2) is 18.1 Å². The summed E-state index contributed by atoms with van der Waals surface area (Å²) in [7, 11) is -1.89. The van der Waals surface area contributed by atoms with E-state index in [1.54, 1.807) is 19.2 Å². The van der Waals surface area contributed by atoms with Crippen molar-refractivity contribution in [2.24, 2.45) is 0 Å². The van der Waals surface area contributed by atoms with Crippen molar-refractivity contribution >= 4 is 15.7 Å². The van der Waals surface area contributed by atoms with Crippen molar-refractivity contribution in [2.75, 3.05) is 32.0 Å². The molecule has 1 aromatic heterocycles. The van der Waals surface area contributed by atoms with Gasteiger partial charge in [-0.2, -0.15) is 0 Å². The van der Waals surface area contributed by atoms with E-state index in [9.17, 15) is 8.42 Å². The van der Waals surface area contributed by atoms with Crippen LogP contribution in [0.5, 0.6) is 0 Å². The molecule has 1 saturated heterocycles. The SMILES string of the molecule is CNc1cccnc1S(=O)(=O)NCC(C)N1CCCC1. The summed E-state index contributed by atoms with van der Waals surface area (Å²) < 4.78 is 27.3. The Balaban J connectivity index is 2.03. The summed E-state index contributed by atoms with van der Waals surface area (Å²) in [5.41, 5.74) is 0.508. The molecule has 7 heteroatoms. The zero-order valence-corrected chi connectivity index (χ0v) is 12.8. The molecular weight excluding hydrogens is 276 g/mol. The zero-order valence-electron chi connectivity index (χ0n) is 12.0. The molecule has 0 bridgehead atoms. The van der Waals surface area contributed by atoms with Crippen LogP contribution in [0.4, 0.5) is 5.69 Å². The van der Waals surface area contributed by atoms with Crippen LogP contribution in [0.25, 0.3) is 0 Å². The summed E-state index contributed by atoms with van der Waals surface area (Å²) in [6, 6.07) is 3.61. The third-order valence-electron chi connectivity index (χ3n) is 3.63. The Morgan fingerprint density at radius 2 is 2.10 bits per heavy atom. The van der Waals surface area contributed by atoms with E-state index in [0.29, 0.717) is 12.2 Å². The molecule has 6 nitrogen and oxygen atoms in total. The second-order valence-electron chi connectivity index (χ2n) is 5.05. The fourth-order valence-corrected chi connectivity index (χ4v) is 3.66. The summed E-state index contributed by atoms with van der Waals surface area (Å²) in [4.78, 5) is 6.28. The lowest BCUT2D eigenvalue weighted by atomic mass is 10.3. The van der Waals surface area contributed by atoms with Gasteiger partial charge < -0.3 is 5.32 Å². The maximum atomic E-state index is 12.3. The molecule has 0 aliphatic carbocycles. The Morgan fingerprint density at radius 1 is 1.40 bits per heavy atom. The topological polar surface area (TPSA) is 74.3 Å². The quantitative estimate of drug-likeness (QED) is 0.816. The van der Waals surface area contributed by atoms with Gasteiger partial charge in [-0.1, -0.05) is 0 Å². The number of aromatic nitrogens is 1. The molecule has 112 valence electrons. The number of nitrogens with zero attached hydrogens (tertiary/aromatic N) is 2. The van der Waals surface area contributed by atoms with Crippen LogP contribution in [0.2, 0.25) is 0 Å². The highest BCUT2D eigenvalue weighted by Gasteiger charge is 2.23. The van der Waals surface area contributed by atoms with E-state index >= 15 is 0 Å². The van der Waals surface area contributed by atoms with Crippen molar-refractivity contribution in [3.05, 3.63) is 18.3 Å². The average Bonchev–Trinajstić information content (AvgIpc) is 2.99. The minimum absolute atomic E-state index is 0.0520. The average molecular weight is 298 g/mol. The van der Waals surface area contributed by atoms with Crippen LogP contribution in [-0.4, -0.2) is 51.0 Å². The van der Waals surface area contributed by atoms with E-state index in [2.05, 4.69) is 19.9 Å². The van der Waals surface area contributed by atoms with Gasteiger partial charge in [-0.3, -0.25) is 4.90 Å². The second kappa shape index (κ2) is 6.51. The molecule has 2 N–H and O–H groups in total. The Bertz CT molecular complexity index is 541. The zero-order chi connectivity index (χ0) is 14.6. The summed E-state index contributed by atoms with van der Waals surface area (Å²) in [5.74, 6) is 0. The monoisotopic (exact) mass is 298 g/mol. The number of hydrogen-bond acceptors (Lipinski definition) is 5. The maximum Gasteiger partial charge on any atom is 0.260 e.